The number of Topliss-reactive ketones (excluding diaryl/α,β-unsaturated/α-hetero) is 1. The number of amides is 2. The summed E-state index contributed by atoms with van der Waals surface area (Å²) in [6, 6.07) is 3.25. The molecule has 11 heteroatoms. The van der Waals surface area contributed by atoms with Crippen molar-refractivity contribution in [3.63, 3.8) is 0 Å². The van der Waals surface area contributed by atoms with Gasteiger partial charge in [-0.3, -0.25) is 9.59 Å². The number of carbonyl (C=O) groups is 2. The van der Waals surface area contributed by atoms with Gasteiger partial charge in [0, 0.05) is 31.3 Å². The number of carbonyl (C=O) groups excluding carboxylic acids is 2. The topological polar surface area (TPSA) is 139 Å². The number of ketones is 1. The van der Waals surface area contributed by atoms with Gasteiger partial charge in [-0.15, -0.1) is 0 Å². The van der Waals surface area contributed by atoms with Crippen LogP contribution in [0.5, 0.6) is 0 Å². The summed E-state index contributed by atoms with van der Waals surface area (Å²) in [5.41, 5.74) is 5.96. The van der Waals surface area contributed by atoms with Crippen LogP contribution in [0.1, 0.15) is 52.1 Å². The third kappa shape index (κ3) is 15.9. The van der Waals surface area contributed by atoms with Gasteiger partial charge in [0.1, 0.15) is 11.6 Å². The number of aromatic amines is 1. The zero-order chi connectivity index (χ0) is 24.2. The van der Waals surface area contributed by atoms with E-state index in [9.17, 15) is 14.4 Å². The number of H-pyrrole nitrogens is 1. The Morgan fingerprint density at radius 1 is 1.03 bits per heavy atom. The number of hydrogen-bond donors (Lipinski definition) is 4. The summed E-state index contributed by atoms with van der Waals surface area (Å²) in [5, 5.41) is 5.65. The maximum atomic E-state index is 12.0. The minimum atomic E-state index is -1.76. The van der Waals surface area contributed by atoms with E-state index in [2.05, 4.69) is 46.8 Å². The number of rotatable bonds is 15. The van der Waals surface area contributed by atoms with Crippen molar-refractivity contribution in [1.29, 1.82) is 0 Å². The van der Waals surface area contributed by atoms with Gasteiger partial charge in [0.05, 0.1) is 6.42 Å². The molecule has 198 valence electrons. The predicted octanol–water partition coefficient (Wildman–Crippen LogP) is 3.71. The molecule has 0 saturated carbocycles. The summed E-state index contributed by atoms with van der Waals surface area (Å²) in [5.74, 6) is 0.359. The van der Waals surface area contributed by atoms with E-state index in [4.69, 9.17) is 9.85 Å². The highest BCUT2D eigenvalue weighted by molar-refractivity contribution is 6.84. The van der Waals surface area contributed by atoms with Crippen molar-refractivity contribution in [2.75, 3.05) is 19.6 Å². The van der Waals surface area contributed by atoms with Crippen LogP contribution in [0.25, 0.3) is 0 Å². The summed E-state index contributed by atoms with van der Waals surface area (Å²) in [6.45, 7) is 12.4. The SMILES string of the molecule is C.C.Cc1cc(=O)[nH]c(CC(=O)CCCNC(=O)NCCC[Si](C)(C)O[Si](C)(C)CCCN)n1. The van der Waals surface area contributed by atoms with Gasteiger partial charge in [-0.05, 0) is 71.0 Å². The van der Waals surface area contributed by atoms with Crippen molar-refractivity contribution >= 4 is 28.4 Å². The van der Waals surface area contributed by atoms with Crippen molar-refractivity contribution in [3.05, 3.63) is 27.9 Å². The van der Waals surface area contributed by atoms with Gasteiger partial charge in [0.2, 0.25) is 0 Å². The fourth-order valence-electron chi connectivity index (χ4n) is 3.64. The predicted molar refractivity (Wildman–Crippen MR) is 146 cm³/mol. The van der Waals surface area contributed by atoms with Crippen LogP contribution >= 0.6 is 0 Å². The molecule has 0 aromatic carbocycles. The normalized spacial score (nSPS) is 11.2. The molecule has 9 nitrogen and oxygen atoms in total. The molecule has 0 unspecified atom stereocenters. The molecule has 2 amide bonds. The summed E-state index contributed by atoms with van der Waals surface area (Å²) >= 11 is 0. The first-order chi connectivity index (χ1) is 14.9. The maximum absolute atomic E-state index is 12.0. The van der Waals surface area contributed by atoms with Crippen LogP contribution in [-0.2, 0) is 15.3 Å². The summed E-state index contributed by atoms with van der Waals surface area (Å²) in [4.78, 5) is 42.1. The van der Waals surface area contributed by atoms with Gasteiger partial charge in [0.15, 0.2) is 16.6 Å². The van der Waals surface area contributed by atoms with Crippen molar-refractivity contribution in [3.8, 4) is 0 Å². The Labute approximate surface area is 208 Å². The Balaban J connectivity index is 0. The molecular formula is C23H49N5O4Si2. The molecule has 1 aromatic heterocycles. The van der Waals surface area contributed by atoms with Gasteiger partial charge in [-0.1, -0.05) is 14.9 Å². The second-order valence-corrected chi connectivity index (χ2v) is 18.3. The second-order valence-electron chi connectivity index (χ2n) is 9.45. The largest absolute Gasteiger partial charge is 0.455 e. The molecule has 1 aromatic rings. The van der Waals surface area contributed by atoms with Gasteiger partial charge < -0.3 is 25.5 Å². The van der Waals surface area contributed by atoms with Gasteiger partial charge >= 0.3 is 6.03 Å². The Morgan fingerprint density at radius 2 is 1.59 bits per heavy atom. The average Bonchev–Trinajstić information content (AvgIpc) is 2.65. The molecule has 1 heterocycles. The molecule has 0 atom stereocenters. The highest BCUT2D eigenvalue weighted by Gasteiger charge is 2.32. The molecule has 0 radical (unpaired) electrons. The average molecular weight is 516 g/mol. The van der Waals surface area contributed by atoms with Crippen molar-refractivity contribution in [2.24, 2.45) is 5.73 Å². The Hall–Kier alpha value is -1.83. The van der Waals surface area contributed by atoms with Crippen LogP contribution in [0.15, 0.2) is 10.9 Å². The zero-order valence-electron chi connectivity index (χ0n) is 20.3. The highest BCUT2D eigenvalue weighted by atomic mass is 28.4. The molecule has 0 bridgehead atoms. The summed E-state index contributed by atoms with van der Waals surface area (Å²) < 4.78 is 6.53. The lowest BCUT2D eigenvalue weighted by Gasteiger charge is -2.34. The van der Waals surface area contributed by atoms with Gasteiger partial charge in [-0.25, -0.2) is 9.78 Å². The standard InChI is InChI=1S/C21H41N5O4Si2.2CH4/c1-17-15-20(28)26-19(25-17)16-18(27)9-6-11-23-21(29)24-12-8-14-32(4,5)30-31(2,3)13-7-10-22;;/h15H,6-14,16,22H2,1-5H3,(H2,23,24,29)(H,25,26,28);2*1H4. The molecule has 0 aliphatic carbocycles. The van der Waals surface area contributed by atoms with E-state index in [1.807, 2.05) is 0 Å². The first-order valence-corrected chi connectivity index (χ1v) is 17.7. The molecule has 0 spiro atoms. The minimum Gasteiger partial charge on any atom is -0.455 e. The van der Waals surface area contributed by atoms with Crippen LogP contribution in [-0.4, -0.2) is 58.1 Å². The number of nitrogens with zero attached hydrogens (tertiary/aromatic N) is 1. The summed E-state index contributed by atoms with van der Waals surface area (Å²) in [7, 11) is -3.43. The van der Waals surface area contributed by atoms with Crippen LogP contribution in [0.4, 0.5) is 4.79 Å². The Kier molecular flexibility index (Phi) is 16.9. The third-order valence-corrected chi connectivity index (χ3v) is 12.5. The first-order valence-electron chi connectivity index (χ1n) is 11.4. The number of nitrogens with two attached hydrogens (primary N) is 1. The fraction of sp³-hybridized carbons (Fsp3) is 0.739. The van der Waals surface area contributed by atoms with Crippen molar-refractivity contribution in [1.82, 2.24) is 20.6 Å². The number of hydrogen-bond acceptors (Lipinski definition) is 6. The lowest BCUT2D eigenvalue weighted by Crippen LogP contribution is -2.45. The zero-order valence-corrected chi connectivity index (χ0v) is 22.3. The minimum absolute atomic E-state index is 0. The van der Waals surface area contributed by atoms with Crippen LogP contribution < -0.4 is 21.9 Å². The van der Waals surface area contributed by atoms with Crippen molar-refractivity contribution < 1.29 is 13.7 Å². The molecule has 5 N–H and O–H groups in total. The van der Waals surface area contributed by atoms with E-state index in [1.54, 1.807) is 6.92 Å². The van der Waals surface area contributed by atoms with E-state index in [0.29, 0.717) is 44.0 Å². The van der Waals surface area contributed by atoms with Crippen LogP contribution in [0.2, 0.25) is 38.3 Å². The molecular weight excluding hydrogens is 466 g/mol. The van der Waals surface area contributed by atoms with E-state index >= 15 is 0 Å². The second kappa shape index (κ2) is 16.7. The fourth-order valence-corrected chi connectivity index (χ4v) is 12.5. The Morgan fingerprint density at radius 3 is 2.15 bits per heavy atom. The van der Waals surface area contributed by atoms with Gasteiger partial charge in [0.25, 0.3) is 5.56 Å². The van der Waals surface area contributed by atoms with E-state index in [1.165, 1.54) is 6.07 Å². The number of aromatic nitrogens is 2. The van der Waals surface area contributed by atoms with E-state index in [0.717, 1.165) is 24.9 Å². The molecule has 0 saturated heterocycles. The molecule has 0 fully saturated rings. The quantitative estimate of drug-likeness (QED) is 0.207. The molecule has 1 rings (SSSR count). The lowest BCUT2D eigenvalue weighted by atomic mass is 10.1. The van der Waals surface area contributed by atoms with Crippen LogP contribution in [0.3, 0.4) is 0 Å². The number of urea groups is 1. The lowest BCUT2D eigenvalue weighted by molar-refractivity contribution is -0.118. The summed E-state index contributed by atoms with van der Waals surface area (Å²) in [6.07, 6.45) is 2.85. The third-order valence-electron chi connectivity index (χ3n) is 4.98. The number of aryl methyl sites for hydroxylation is 1. The maximum Gasteiger partial charge on any atom is 0.314 e. The molecule has 34 heavy (non-hydrogen) atoms. The molecule has 0 aliphatic rings. The smallest absolute Gasteiger partial charge is 0.314 e. The first kappa shape index (κ1) is 34.3. The van der Waals surface area contributed by atoms with Gasteiger partial charge in [-0.2, -0.15) is 0 Å². The molecule has 0 aliphatic heterocycles. The van der Waals surface area contributed by atoms with Crippen molar-refractivity contribution in [2.45, 2.75) is 92.2 Å². The monoisotopic (exact) mass is 515 g/mol. The van der Waals surface area contributed by atoms with Crippen LogP contribution in [0, 0.1) is 6.92 Å². The highest BCUT2D eigenvalue weighted by Crippen LogP contribution is 2.23. The van der Waals surface area contributed by atoms with E-state index < -0.39 is 16.6 Å². The Bertz CT molecular complexity index is 800. The number of nitrogens with one attached hydrogen (secondary N) is 3. The van der Waals surface area contributed by atoms with E-state index in [-0.39, 0.29) is 38.6 Å².